The average Bonchev–Trinajstić information content (AvgIpc) is 2.99. The number of nitrogens with one attached hydrogen (secondary N) is 2. The summed E-state index contributed by atoms with van der Waals surface area (Å²) in [6.07, 6.45) is -4.59. The summed E-state index contributed by atoms with van der Waals surface area (Å²) in [6.45, 7) is 1.87. The van der Waals surface area contributed by atoms with E-state index in [9.17, 15) is 18.0 Å². The quantitative estimate of drug-likeness (QED) is 0.608. The van der Waals surface area contributed by atoms with Crippen LogP contribution >= 0.6 is 11.6 Å². The summed E-state index contributed by atoms with van der Waals surface area (Å²) < 4.78 is 39.4. The van der Waals surface area contributed by atoms with Gasteiger partial charge in [0.05, 0.1) is 11.3 Å². The normalized spacial score (nSPS) is 11.4. The molecule has 2 aromatic carbocycles. The Morgan fingerprint density at radius 1 is 1.11 bits per heavy atom. The number of aryl methyl sites for hydroxylation is 2. The second kappa shape index (κ2) is 7.55. The highest BCUT2D eigenvalue weighted by Gasteiger charge is 2.34. The molecule has 0 radical (unpaired) electrons. The van der Waals surface area contributed by atoms with Crippen molar-refractivity contribution in [1.82, 2.24) is 9.78 Å². The molecule has 146 valence electrons. The molecule has 3 aromatic rings. The van der Waals surface area contributed by atoms with Gasteiger partial charge in [-0.1, -0.05) is 23.7 Å². The first-order valence-electron chi connectivity index (χ1n) is 8.20. The molecule has 3 rings (SSSR count). The molecule has 0 fully saturated rings. The largest absolute Gasteiger partial charge is 0.435 e. The molecule has 0 saturated heterocycles. The van der Waals surface area contributed by atoms with Crippen molar-refractivity contribution < 1.29 is 18.0 Å². The van der Waals surface area contributed by atoms with Crippen molar-refractivity contribution in [2.75, 3.05) is 10.6 Å². The Bertz CT molecular complexity index is 1030. The lowest BCUT2D eigenvalue weighted by molar-refractivity contribution is -0.141. The molecule has 0 unspecified atom stereocenters. The zero-order valence-corrected chi connectivity index (χ0v) is 15.7. The van der Waals surface area contributed by atoms with E-state index in [1.807, 2.05) is 6.92 Å². The Kier molecular flexibility index (Phi) is 5.33. The molecule has 0 bridgehead atoms. The number of hydrogen-bond acceptors (Lipinski definition) is 3. The number of alkyl halides is 3. The van der Waals surface area contributed by atoms with E-state index in [0.29, 0.717) is 10.7 Å². The van der Waals surface area contributed by atoms with E-state index in [-0.39, 0.29) is 11.4 Å². The van der Waals surface area contributed by atoms with E-state index in [2.05, 4.69) is 15.7 Å². The van der Waals surface area contributed by atoms with Gasteiger partial charge in [0.2, 0.25) is 0 Å². The first kappa shape index (κ1) is 19.8. The van der Waals surface area contributed by atoms with E-state index >= 15 is 0 Å². The van der Waals surface area contributed by atoms with E-state index < -0.39 is 17.8 Å². The monoisotopic (exact) mass is 408 g/mol. The van der Waals surface area contributed by atoms with Crippen LogP contribution in [0.4, 0.5) is 30.4 Å². The maximum absolute atomic E-state index is 12.8. The van der Waals surface area contributed by atoms with Crippen molar-refractivity contribution in [3.63, 3.8) is 0 Å². The Morgan fingerprint density at radius 3 is 2.46 bits per heavy atom. The molecular formula is C19H16ClF3N4O. The first-order chi connectivity index (χ1) is 13.1. The van der Waals surface area contributed by atoms with Crippen molar-refractivity contribution in [2.24, 2.45) is 7.05 Å². The Balaban J connectivity index is 1.86. The minimum atomic E-state index is -4.59. The van der Waals surface area contributed by atoms with E-state index in [0.717, 1.165) is 22.0 Å². The molecule has 9 heteroatoms. The summed E-state index contributed by atoms with van der Waals surface area (Å²) in [4.78, 5) is 12.7. The number of carbonyl (C=O) groups is 1. The molecule has 1 amide bonds. The van der Waals surface area contributed by atoms with Crippen LogP contribution in [-0.2, 0) is 13.2 Å². The second-order valence-electron chi connectivity index (χ2n) is 6.12. The third-order valence-electron chi connectivity index (χ3n) is 4.04. The summed E-state index contributed by atoms with van der Waals surface area (Å²) >= 11 is 5.96. The highest BCUT2D eigenvalue weighted by molar-refractivity contribution is 6.30. The standard InChI is InChI=1S/C19H16ClF3N4O/c1-11-9-12(20)7-8-14(11)24-15-6-4-3-5-13(15)18(28)25-17-10-16(19(21,22)23)26-27(17)2/h3-10,24H,1-2H3,(H,25,28). The summed E-state index contributed by atoms with van der Waals surface area (Å²) in [5.74, 6) is -0.624. The second-order valence-corrected chi connectivity index (χ2v) is 6.56. The minimum absolute atomic E-state index is 0.0604. The predicted molar refractivity (Wildman–Crippen MR) is 102 cm³/mol. The molecule has 1 aromatic heterocycles. The van der Waals surface area contributed by atoms with Crippen molar-refractivity contribution >= 4 is 34.7 Å². The van der Waals surface area contributed by atoms with Crippen LogP contribution in [0.5, 0.6) is 0 Å². The van der Waals surface area contributed by atoms with Crippen molar-refractivity contribution in [3.8, 4) is 0 Å². The fraction of sp³-hybridized carbons (Fsp3) is 0.158. The maximum Gasteiger partial charge on any atom is 0.435 e. The van der Waals surface area contributed by atoms with Crippen molar-refractivity contribution in [3.05, 3.63) is 70.4 Å². The molecule has 0 aliphatic rings. The zero-order chi connectivity index (χ0) is 20.5. The number of para-hydroxylation sites is 1. The summed E-state index contributed by atoms with van der Waals surface area (Å²) in [5.41, 5.74) is 1.33. The van der Waals surface area contributed by atoms with E-state index in [1.165, 1.54) is 7.05 Å². The third-order valence-corrected chi connectivity index (χ3v) is 4.28. The number of benzene rings is 2. The number of nitrogens with zero attached hydrogens (tertiary/aromatic N) is 2. The average molecular weight is 409 g/mol. The van der Waals surface area contributed by atoms with Gasteiger partial charge in [0, 0.05) is 23.8 Å². The van der Waals surface area contributed by atoms with Crippen molar-refractivity contribution in [2.45, 2.75) is 13.1 Å². The van der Waals surface area contributed by atoms with Gasteiger partial charge in [-0.15, -0.1) is 0 Å². The molecule has 0 saturated carbocycles. The topological polar surface area (TPSA) is 59.0 Å². The fourth-order valence-corrected chi connectivity index (χ4v) is 2.84. The van der Waals surface area contributed by atoms with Gasteiger partial charge < -0.3 is 10.6 Å². The van der Waals surface area contributed by atoms with Gasteiger partial charge in [0.25, 0.3) is 5.91 Å². The van der Waals surface area contributed by atoms with Gasteiger partial charge in [-0.2, -0.15) is 18.3 Å². The molecule has 2 N–H and O–H groups in total. The number of carbonyl (C=O) groups excluding carboxylic acids is 1. The Morgan fingerprint density at radius 2 is 1.82 bits per heavy atom. The molecule has 1 heterocycles. The predicted octanol–water partition coefficient (Wildman–Crippen LogP) is 5.40. The number of amides is 1. The van der Waals surface area contributed by atoms with Gasteiger partial charge in [0.1, 0.15) is 5.82 Å². The summed E-state index contributed by atoms with van der Waals surface area (Å²) in [6, 6.07) is 12.8. The maximum atomic E-state index is 12.8. The number of hydrogen-bond donors (Lipinski definition) is 2. The Labute approximate surface area is 164 Å². The highest BCUT2D eigenvalue weighted by Crippen LogP contribution is 2.30. The van der Waals surface area contributed by atoms with Crippen LogP contribution in [0.3, 0.4) is 0 Å². The van der Waals surface area contributed by atoms with Gasteiger partial charge in [-0.3, -0.25) is 9.48 Å². The van der Waals surface area contributed by atoms with Gasteiger partial charge in [-0.25, -0.2) is 0 Å². The van der Waals surface area contributed by atoms with E-state index in [4.69, 9.17) is 11.6 Å². The lowest BCUT2D eigenvalue weighted by atomic mass is 10.1. The zero-order valence-electron chi connectivity index (χ0n) is 14.9. The summed E-state index contributed by atoms with van der Waals surface area (Å²) in [5, 5.41) is 9.60. The summed E-state index contributed by atoms with van der Waals surface area (Å²) in [7, 11) is 1.33. The third kappa shape index (κ3) is 4.28. The van der Waals surface area contributed by atoms with Crippen LogP contribution in [0, 0.1) is 6.92 Å². The van der Waals surface area contributed by atoms with Gasteiger partial charge in [-0.05, 0) is 42.8 Å². The van der Waals surface area contributed by atoms with Gasteiger partial charge in [0.15, 0.2) is 5.69 Å². The number of anilines is 3. The fourth-order valence-electron chi connectivity index (χ4n) is 2.61. The van der Waals surface area contributed by atoms with Crippen LogP contribution in [0.15, 0.2) is 48.5 Å². The van der Waals surface area contributed by atoms with Crippen LogP contribution in [0.25, 0.3) is 0 Å². The molecular weight excluding hydrogens is 393 g/mol. The smallest absolute Gasteiger partial charge is 0.355 e. The molecule has 28 heavy (non-hydrogen) atoms. The molecule has 5 nitrogen and oxygen atoms in total. The molecule has 0 spiro atoms. The lowest BCUT2D eigenvalue weighted by Crippen LogP contribution is -2.16. The number of rotatable bonds is 4. The van der Waals surface area contributed by atoms with Crippen LogP contribution in [-0.4, -0.2) is 15.7 Å². The SMILES string of the molecule is Cc1cc(Cl)ccc1Nc1ccccc1C(=O)Nc1cc(C(F)(F)F)nn1C. The molecule has 0 aliphatic carbocycles. The molecule has 0 aliphatic heterocycles. The van der Waals surface area contributed by atoms with Crippen LogP contribution in [0.2, 0.25) is 5.02 Å². The van der Waals surface area contributed by atoms with E-state index in [1.54, 1.807) is 42.5 Å². The van der Waals surface area contributed by atoms with Crippen molar-refractivity contribution in [1.29, 1.82) is 0 Å². The highest BCUT2D eigenvalue weighted by atomic mass is 35.5. The Hall–Kier alpha value is -3.00. The van der Waals surface area contributed by atoms with Crippen LogP contribution in [0.1, 0.15) is 21.6 Å². The van der Waals surface area contributed by atoms with Gasteiger partial charge >= 0.3 is 6.18 Å². The molecule has 0 atom stereocenters. The first-order valence-corrected chi connectivity index (χ1v) is 8.58. The number of halogens is 4. The lowest BCUT2D eigenvalue weighted by Gasteiger charge is -2.14. The number of aromatic nitrogens is 2. The minimum Gasteiger partial charge on any atom is -0.355 e. The van der Waals surface area contributed by atoms with Crippen LogP contribution < -0.4 is 10.6 Å².